The first kappa shape index (κ1) is 15.4. The van der Waals surface area contributed by atoms with E-state index in [-0.39, 0.29) is 24.1 Å². The Balaban J connectivity index is 2.33. The molecule has 1 fully saturated rings. The second-order valence-electron chi connectivity index (χ2n) is 5.59. The maximum atomic E-state index is 11.1. The minimum atomic E-state index is -0.595. The number of nitrogens with one attached hydrogen (secondary N) is 2. The van der Waals surface area contributed by atoms with Crippen LogP contribution in [0.1, 0.15) is 32.6 Å². The first-order valence-electron chi connectivity index (χ1n) is 6.87. The first-order chi connectivity index (χ1) is 9.99. The molecule has 2 unspecified atom stereocenters. The van der Waals surface area contributed by atoms with E-state index in [0.29, 0.717) is 5.92 Å². The summed E-state index contributed by atoms with van der Waals surface area (Å²) in [4.78, 5) is 18.3. The Hall–Kier alpha value is -2.00. The predicted octanol–water partition coefficient (Wildman–Crippen LogP) is 1.02. The van der Waals surface area contributed by atoms with Gasteiger partial charge in [0.25, 0.3) is 0 Å². The molecule has 9 nitrogen and oxygen atoms in total. The molecule has 1 aromatic heterocycles. The molecule has 9 heteroatoms. The summed E-state index contributed by atoms with van der Waals surface area (Å²) in [5.41, 5.74) is 1.43. The number of nitro groups is 1. The Morgan fingerprint density at radius 2 is 2.43 bits per heavy atom. The van der Waals surface area contributed by atoms with Gasteiger partial charge in [-0.1, -0.05) is 19.8 Å². The van der Waals surface area contributed by atoms with Gasteiger partial charge in [0, 0.05) is 0 Å². The van der Waals surface area contributed by atoms with Crippen LogP contribution in [0.5, 0.6) is 0 Å². The SMILES string of the molecule is CC1CCCC(CO)(Nc2nc(NN)ncc2[N+](=O)[O-])C1. The fourth-order valence-corrected chi connectivity index (χ4v) is 2.88. The van der Waals surface area contributed by atoms with Crippen LogP contribution >= 0.6 is 0 Å². The van der Waals surface area contributed by atoms with Crippen LogP contribution in [-0.2, 0) is 0 Å². The largest absolute Gasteiger partial charge is 0.394 e. The number of aromatic nitrogens is 2. The van der Waals surface area contributed by atoms with E-state index >= 15 is 0 Å². The lowest BCUT2D eigenvalue weighted by Gasteiger charge is -2.39. The van der Waals surface area contributed by atoms with Crippen molar-refractivity contribution in [3.05, 3.63) is 16.3 Å². The number of hydrogen-bond donors (Lipinski definition) is 4. The van der Waals surface area contributed by atoms with Crippen LogP contribution in [0.3, 0.4) is 0 Å². The number of anilines is 2. The fourth-order valence-electron chi connectivity index (χ4n) is 2.88. The van der Waals surface area contributed by atoms with Gasteiger partial charge >= 0.3 is 5.69 Å². The molecule has 0 spiro atoms. The highest BCUT2D eigenvalue weighted by molar-refractivity contribution is 5.58. The maximum absolute atomic E-state index is 11.1. The summed E-state index contributed by atoms with van der Waals surface area (Å²) < 4.78 is 0. The van der Waals surface area contributed by atoms with Crippen molar-refractivity contribution in [3.63, 3.8) is 0 Å². The average Bonchev–Trinajstić information content (AvgIpc) is 2.46. The Morgan fingerprint density at radius 3 is 3.00 bits per heavy atom. The monoisotopic (exact) mass is 296 g/mol. The molecule has 21 heavy (non-hydrogen) atoms. The average molecular weight is 296 g/mol. The number of nitrogen functional groups attached to an aromatic ring is 1. The standard InChI is InChI=1S/C12H20N6O3/c1-8-3-2-4-12(5-8,7-19)16-10-9(18(20)21)6-14-11(15-10)17-13/h6,8,19H,2-5,7,13H2,1H3,(H2,14,15,16,17). The molecule has 2 atom stereocenters. The zero-order valence-corrected chi connectivity index (χ0v) is 11.9. The molecule has 0 amide bonds. The number of nitrogens with two attached hydrogens (primary N) is 1. The summed E-state index contributed by atoms with van der Waals surface area (Å²) in [6.07, 6.45) is 4.61. The van der Waals surface area contributed by atoms with Gasteiger partial charge in [0.2, 0.25) is 11.8 Å². The lowest BCUT2D eigenvalue weighted by molar-refractivity contribution is -0.384. The Bertz CT molecular complexity index is 526. The first-order valence-corrected chi connectivity index (χ1v) is 6.87. The molecule has 1 aromatic rings. The van der Waals surface area contributed by atoms with Crippen LogP contribution in [0.25, 0.3) is 0 Å². The molecule has 116 valence electrons. The van der Waals surface area contributed by atoms with Gasteiger partial charge in [0.05, 0.1) is 17.1 Å². The van der Waals surface area contributed by atoms with Crippen LogP contribution in [0, 0.1) is 16.0 Å². The third kappa shape index (κ3) is 3.37. The molecule has 1 aliphatic carbocycles. The maximum Gasteiger partial charge on any atom is 0.329 e. The lowest BCUT2D eigenvalue weighted by atomic mass is 9.77. The summed E-state index contributed by atoms with van der Waals surface area (Å²) in [5, 5.41) is 23.9. The smallest absolute Gasteiger partial charge is 0.329 e. The molecular formula is C12H20N6O3. The van der Waals surface area contributed by atoms with E-state index < -0.39 is 10.5 Å². The van der Waals surface area contributed by atoms with Crippen molar-refractivity contribution in [1.82, 2.24) is 9.97 Å². The summed E-state index contributed by atoms with van der Waals surface area (Å²) >= 11 is 0. The number of hydrogen-bond acceptors (Lipinski definition) is 8. The van der Waals surface area contributed by atoms with Gasteiger partial charge < -0.3 is 10.4 Å². The number of aliphatic hydroxyl groups excluding tert-OH is 1. The van der Waals surface area contributed by atoms with Crippen molar-refractivity contribution in [2.45, 2.75) is 38.1 Å². The van der Waals surface area contributed by atoms with Gasteiger partial charge in [0.15, 0.2) is 0 Å². The highest BCUT2D eigenvalue weighted by Crippen LogP contribution is 2.36. The Morgan fingerprint density at radius 1 is 1.67 bits per heavy atom. The zero-order chi connectivity index (χ0) is 15.5. The molecule has 1 aliphatic rings. The number of aliphatic hydroxyl groups is 1. The predicted molar refractivity (Wildman–Crippen MR) is 77.6 cm³/mol. The highest BCUT2D eigenvalue weighted by atomic mass is 16.6. The summed E-state index contributed by atoms with van der Waals surface area (Å²) in [6, 6.07) is 0. The van der Waals surface area contributed by atoms with Crippen molar-refractivity contribution in [1.29, 1.82) is 0 Å². The van der Waals surface area contributed by atoms with Crippen molar-refractivity contribution < 1.29 is 10.0 Å². The van der Waals surface area contributed by atoms with Crippen molar-refractivity contribution in [2.24, 2.45) is 11.8 Å². The zero-order valence-electron chi connectivity index (χ0n) is 11.9. The van der Waals surface area contributed by atoms with Gasteiger partial charge in [-0.3, -0.25) is 15.5 Å². The lowest BCUT2D eigenvalue weighted by Crippen LogP contribution is -2.46. The van der Waals surface area contributed by atoms with E-state index in [1.165, 1.54) is 0 Å². The molecule has 0 radical (unpaired) electrons. The highest BCUT2D eigenvalue weighted by Gasteiger charge is 2.36. The second-order valence-corrected chi connectivity index (χ2v) is 5.59. The third-order valence-corrected chi connectivity index (χ3v) is 3.87. The van der Waals surface area contributed by atoms with E-state index in [2.05, 4.69) is 27.6 Å². The van der Waals surface area contributed by atoms with Crippen LogP contribution < -0.4 is 16.6 Å². The molecule has 0 saturated heterocycles. The minimum absolute atomic E-state index is 0.0751. The molecule has 5 N–H and O–H groups in total. The molecular weight excluding hydrogens is 276 g/mol. The second kappa shape index (κ2) is 6.19. The van der Waals surface area contributed by atoms with E-state index in [1.807, 2.05) is 0 Å². The van der Waals surface area contributed by atoms with E-state index in [9.17, 15) is 15.2 Å². The summed E-state index contributed by atoms with van der Waals surface area (Å²) in [5.74, 6) is 5.84. The molecule has 0 aliphatic heterocycles. The van der Waals surface area contributed by atoms with Gasteiger partial charge in [-0.2, -0.15) is 4.98 Å². The molecule has 1 heterocycles. The van der Waals surface area contributed by atoms with Crippen molar-refractivity contribution >= 4 is 17.5 Å². The van der Waals surface area contributed by atoms with Gasteiger partial charge in [-0.15, -0.1) is 0 Å². The molecule has 2 rings (SSSR count). The van der Waals surface area contributed by atoms with Gasteiger partial charge in [0.1, 0.15) is 6.20 Å². The quantitative estimate of drug-likeness (QED) is 0.359. The third-order valence-electron chi connectivity index (χ3n) is 3.87. The molecule has 0 aromatic carbocycles. The van der Waals surface area contributed by atoms with Crippen LogP contribution in [0.15, 0.2) is 6.20 Å². The van der Waals surface area contributed by atoms with Crippen molar-refractivity contribution in [2.75, 3.05) is 17.3 Å². The minimum Gasteiger partial charge on any atom is -0.394 e. The fraction of sp³-hybridized carbons (Fsp3) is 0.667. The van der Waals surface area contributed by atoms with Gasteiger partial charge in [-0.25, -0.2) is 10.8 Å². The summed E-state index contributed by atoms with van der Waals surface area (Å²) in [7, 11) is 0. The number of nitrogens with zero attached hydrogens (tertiary/aromatic N) is 3. The Kier molecular flexibility index (Phi) is 4.53. The van der Waals surface area contributed by atoms with E-state index in [0.717, 1.165) is 31.9 Å². The summed E-state index contributed by atoms with van der Waals surface area (Å²) in [6.45, 7) is 2.00. The Labute approximate surface area is 122 Å². The number of hydrazine groups is 1. The number of rotatable bonds is 5. The van der Waals surface area contributed by atoms with Crippen LogP contribution in [-0.4, -0.2) is 32.1 Å². The van der Waals surface area contributed by atoms with Crippen molar-refractivity contribution in [3.8, 4) is 0 Å². The van der Waals surface area contributed by atoms with Crippen LogP contribution in [0.4, 0.5) is 17.5 Å². The topological polar surface area (TPSA) is 139 Å². The van der Waals surface area contributed by atoms with Gasteiger partial charge in [-0.05, 0) is 18.8 Å². The normalized spacial score (nSPS) is 25.4. The van der Waals surface area contributed by atoms with E-state index in [4.69, 9.17) is 5.84 Å². The van der Waals surface area contributed by atoms with E-state index in [1.54, 1.807) is 0 Å². The molecule has 0 bridgehead atoms. The van der Waals surface area contributed by atoms with Crippen LogP contribution in [0.2, 0.25) is 0 Å². The molecule has 1 saturated carbocycles.